The van der Waals surface area contributed by atoms with Gasteiger partial charge in [0.25, 0.3) is 0 Å². The minimum atomic E-state index is -0.497. The maximum absolute atomic E-state index is 12.3. The molecule has 8 heteroatoms. The number of anilines is 2. The highest BCUT2D eigenvalue weighted by molar-refractivity contribution is 5.84. The van der Waals surface area contributed by atoms with E-state index in [0.717, 1.165) is 19.5 Å². The number of hydrogen-bond acceptors (Lipinski definition) is 6. The average molecular weight is 430 g/mol. The fourth-order valence-electron chi connectivity index (χ4n) is 5.13. The van der Waals surface area contributed by atoms with E-state index in [-0.39, 0.29) is 11.9 Å². The number of likely N-dealkylation sites (N-methyl/N-ethyl adjacent to an activating group) is 1. The molecule has 3 heterocycles. The molecule has 0 aromatic heterocycles. The first kappa shape index (κ1) is 21.9. The summed E-state index contributed by atoms with van der Waals surface area (Å²) >= 11 is 0. The van der Waals surface area contributed by atoms with Crippen molar-refractivity contribution in [3.05, 3.63) is 24.3 Å². The Morgan fingerprint density at radius 2 is 1.84 bits per heavy atom. The second-order valence-corrected chi connectivity index (χ2v) is 9.13. The van der Waals surface area contributed by atoms with Crippen molar-refractivity contribution in [1.82, 2.24) is 14.9 Å². The van der Waals surface area contributed by atoms with Crippen molar-refractivity contribution >= 4 is 23.4 Å². The van der Waals surface area contributed by atoms with Crippen molar-refractivity contribution < 1.29 is 14.4 Å². The Bertz CT molecular complexity index is 786. The summed E-state index contributed by atoms with van der Waals surface area (Å²) in [4.78, 5) is 36.0. The minimum absolute atomic E-state index is 0.0238. The highest BCUT2D eigenvalue weighted by Gasteiger charge is 2.33. The molecule has 0 saturated carbocycles. The smallest absolute Gasteiger partial charge is 0.370 e. The van der Waals surface area contributed by atoms with Crippen LogP contribution in [-0.2, 0) is 9.63 Å². The van der Waals surface area contributed by atoms with Crippen LogP contribution in [0.15, 0.2) is 24.3 Å². The van der Waals surface area contributed by atoms with Gasteiger partial charge in [-0.05, 0) is 63.4 Å². The van der Waals surface area contributed by atoms with Crippen LogP contribution in [0.1, 0.15) is 39.5 Å². The van der Waals surface area contributed by atoms with E-state index in [9.17, 15) is 9.59 Å². The molecule has 1 aromatic rings. The first-order chi connectivity index (χ1) is 14.9. The van der Waals surface area contributed by atoms with E-state index in [1.54, 1.807) is 23.9 Å². The lowest BCUT2D eigenvalue weighted by atomic mass is 10.2. The summed E-state index contributed by atoms with van der Waals surface area (Å²) < 4.78 is 0. The van der Waals surface area contributed by atoms with Crippen LogP contribution in [0, 0.1) is 0 Å². The van der Waals surface area contributed by atoms with Gasteiger partial charge in [-0.15, -0.1) is 5.06 Å². The molecule has 8 nitrogen and oxygen atoms in total. The van der Waals surface area contributed by atoms with Gasteiger partial charge in [-0.25, -0.2) is 4.79 Å². The van der Waals surface area contributed by atoms with Crippen LogP contribution in [-0.4, -0.2) is 84.8 Å². The van der Waals surface area contributed by atoms with E-state index >= 15 is 0 Å². The zero-order valence-corrected chi connectivity index (χ0v) is 18.9. The fourth-order valence-corrected chi connectivity index (χ4v) is 5.13. The predicted molar refractivity (Wildman–Crippen MR) is 121 cm³/mol. The third-order valence-corrected chi connectivity index (χ3v) is 7.10. The van der Waals surface area contributed by atoms with Gasteiger partial charge >= 0.3 is 6.09 Å². The van der Waals surface area contributed by atoms with Gasteiger partial charge in [0.05, 0.1) is 6.54 Å². The molecular weight excluding hydrogens is 394 g/mol. The third kappa shape index (κ3) is 5.13. The Hall–Kier alpha value is -2.32. The summed E-state index contributed by atoms with van der Waals surface area (Å²) in [5, 5.41) is 4.43. The highest BCUT2D eigenvalue weighted by atomic mass is 16.7. The molecule has 0 spiro atoms. The van der Waals surface area contributed by atoms with Crippen molar-refractivity contribution in [3.8, 4) is 0 Å². The van der Waals surface area contributed by atoms with Crippen LogP contribution in [0.5, 0.6) is 0 Å². The molecule has 31 heavy (non-hydrogen) atoms. The van der Waals surface area contributed by atoms with Gasteiger partial charge in [0.2, 0.25) is 5.91 Å². The molecule has 3 aliphatic heterocycles. The maximum atomic E-state index is 12.3. The lowest BCUT2D eigenvalue weighted by molar-refractivity contribution is -0.130. The SMILES string of the molecule is CC(=O)N(C)C1CCN(OC(=O)Nc2ccc(N3CCC(N4CCCC4C)C3)cc2)C1. The van der Waals surface area contributed by atoms with E-state index < -0.39 is 6.09 Å². The second kappa shape index (κ2) is 9.44. The van der Waals surface area contributed by atoms with Crippen molar-refractivity contribution in [2.45, 2.75) is 57.7 Å². The molecular formula is C23H35N5O3. The van der Waals surface area contributed by atoms with Crippen LogP contribution in [0.2, 0.25) is 0 Å². The number of amides is 2. The Morgan fingerprint density at radius 3 is 2.52 bits per heavy atom. The van der Waals surface area contributed by atoms with E-state index in [2.05, 4.69) is 34.2 Å². The van der Waals surface area contributed by atoms with E-state index in [4.69, 9.17) is 4.84 Å². The van der Waals surface area contributed by atoms with Crippen LogP contribution in [0.4, 0.5) is 16.2 Å². The fraction of sp³-hybridized carbons (Fsp3) is 0.652. The van der Waals surface area contributed by atoms with Crippen LogP contribution in [0.25, 0.3) is 0 Å². The Balaban J connectivity index is 1.24. The first-order valence-electron chi connectivity index (χ1n) is 11.5. The van der Waals surface area contributed by atoms with Crippen molar-refractivity contribution in [1.29, 1.82) is 0 Å². The molecule has 3 saturated heterocycles. The summed E-state index contributed by atoms with van der Waals surface area (Å²) in [5.74, 6) is 0.0238. The number of likely N-dealkylation sites (tertiary alicyclic amines) is 1. The average Bonchev–Trinajstić information content (AvgIpc) is 3.48. The lowest BCUT2D eigenvalue weighted by Gasteiger charge is -2.28. The van der Waals surface area contributed by atoms with Gasteiger partial charge in [-0.3, -0.25) is 15.0 Å². The topological polar surface area (TPSA) is 68.4 Å². The number of benzene rings is 1. The van der Waals surface area contributed by atoms with Gasteiger partial charge < -0.3 is 14.6 Å². The first-order valence-corrected chi connectivity index (χ1v) is 11.5. The molecule has 4 rings (SSSR count). The number of carbonyl (C=O) groups excluding carboxylic acids is 2. The van der Waals surface area contributed by atoms with Crippen LogP contribution in [0.3, 0.4) is 0 Å². The van der Waals surface area contributed by atoms with Gasteiger partial charge in [0.1, 0.15) is 0 Å². The summed E-state index contributed by atoms with van der Waals surface area (Å²) in [7, 11) is 1.78. The number of carbonyl (C=O) groups is 2. The number of nitrogens with zero attached hydrogens (tertiary/aromatic N) is 4. The minimum Gasteiger partial charge on any atom is -0.370 e. The molecule has 170 valence electrons. The molecule has 0 radical (unpaired) electrons. The zero-order valence-electron chi connectivity index (χ0n) is 18.9. The van der Waals surface area contributed by atoms with E-state index in [0.29, 0.717) is 30.9 Å². The third-order valence-electron chi connectivity index (χ3n) is 7.10. The zero-order chi connectivity index (χ0) is 22.0. The van der Waals surface area contributed by atoms with E-state index in [1.165, 1.54) is 31.5 Å². The predicted octanol–water partition coefficient (Wildman–Crippen LogP) is 2.77. The summed E-state index contributed by atoms with van der Waals surface area (Å²) in [6.07, 6.45) is 4.15. The van der Waals surface area contributed by atoms with Gasteiger partial charge in [-0.2, -0.15) is 0 Å². The van der Waals surface area contributed by atoms with E-state index in [1.807, 2.05) is 12.1 Å². The quantitative estimate of drug-likeness (QED) is 0.776. The van der Waals surface area contributed by atoms with Gasteiger partial charge in [0, 0.05) is 63.1 Å². The molecule has 3 aliphatic rings. The Labute approximate surface area is 185 Å². The molecule has 1 N–H and O–H groups in total. The molecule has 0 aliphatic carbocycles. The number of rotatable bonds is 5. The normalized spacial score (nSPS) is 26.9. The standard InChI is InChI=1S/C23H35N5O3/c1-17-5-4-12-28(17)22-10-13-26(15-22)20-8-6-19(7-9-20)24-23(30)31-27-14-11-21(16-27)25(3)18(2)29/h6-9,17,21-22H,4-5,10-16H2,1-3H3,(H,24,30). The number of hydroxylamine groups is 2. The largest absolute Gasteiger partial charge is 0.430 e. The number of nitrogens with one attached hydrogen (secondary N) is 1. The summed E-state index contributed by atoms with van der Waals surface area (Å²) in [5.41, 5.74) is 1.91. The maximum Gasteiger partial charge on any atom is 0.430 e. The van der Waals surface area contributed by atoms with Gasteiger partial charge in [0.15, 0.2) is 0 Å². The Kier molecular flexibility index (Phi) is 6.67. The van der Waals surface area contributed by atoms with Crippen molar-refractivity contribution in [3.63, 3.8) is 0 Å². The Morgan fingerprint density at radius 1 is 1.06 bits per heavy atom. The van der Waals surface area contributed by atoms with Crippen LogP contribution >= 0.6 is 0 Å². The molecule has 3 atom stereocenters. The molecule has 3 fully saturated rings. The molecule has 2 amide bonds. The van der Waals surface area contributed by atoms with Crippen molar-refractivity contribution in [2.75, 3.05) is 50.0 Å². The molecule has 0 bridgehead atoms. The summed E-state index contributed by atoms with van der Waals surface area (Å²) in [6.45, 7) is 8.44. The number of hydrogen-bond donors (Lipinski definition) is 1. The van der Waals surface area contributed by atoms with Gasteiger partial charge in [-0.1, -0.05) is 0 Å². The molecule has 3 unspecified atom stereocenters. The summed E-state index contributed by atoms with van der Waals surface area (Å²) in [6, 6.07) is 9.43. The van der Waals surface area contributed by atoms with Crippen LogP contribution < -0.4 is 10.2 Å². The second-order valence-electron chi connectivity index (χ2n) is 9.13. The van der Waals surface area contributed by atoms with Crippen molar-refractivity contribution in [2.24, 2.45) is 0 Å². The highest BCUT2D eigenvalue weighted by Crippen LogP contribution is 2.28. The lowest BCUT2D eigenvalue weighted by Crippen LogP contribution is -2.39. The molecule has 1 aromatic carbocycles. The monoisotopic (exact) mass is 429 g/mol.